The fourth-order valence-electron chi connectivity index (χ4n) is 2.02. The highest BCUT2D eigenvalue weighted by Crippen LogP contribution is 2.20. The number of rotatable bonds is 3. The van der Waals surface area contributed by atoms with Crippen molar-refractivity contribution in [2.75, 3.05) is 11.9 Å². The van der Waals surface area contributed by atoms with Gasteiger partial charge < -0.3 is 15.7 Å². The maximum atomic E-state index is 11.8. The lowest BCUT2D eigenvalue weighted by Gasteiger charge is -2.14. The van der Waals surface area contributed by atoms with Crippen molar-refractivity contribution >= 4 is 23.3 Å². The Morgan fingerprint density at radius 2 is 2.26 bits per heavy atom. The largest absolute Gasteiger partial charge is 0.396 e. The van der Waals surface area contributed by atoms with Gasteiger partial charge in [0.2, 0.25) is 0 Å². The summed E-state index contributed by atoms with van der Waals surface area (Å²) in [7, 11) is 0. The van der Waals surface area contributed by atoms with Crippen LogP contribution in [0.5, 0.6) is 0 Å². The van der Waals surface area contributed by atoms with Crippen molar-refractivity contribution in [3.05, 3.63) is 40.9 Å². The van der Waals surface area contributed by atoms with Gasteiger partial charge in [-0.3, -0.25) is 0 Å². The topological polar surface area (TPSA) is 61.4 Å². The van der Waals surface area contributed by atoms with E-state index in [1.54, 1.807) is 6.07 Å². The molecule has 102 valence electrons. The fraction of sp³-hybridized carbons (Fsp3) is 0.357. The zero-order valence-electron chi connectivity index (χ0n) is 10.7. The van der Waals surface area contributed by atoms with E-state index in [0.717, 1.165) is 12.0 Å². The van der Waals surface area contributed by atoms with Crippen LogP contribution in [-0.2, 0) is 0 Å². The minimum Gasteiger partial charge on any atom is -0.396 e. The van der Waals surface area contributed by atoms with Gasteiger partial charge in [0, 0.05) is 29.3 Å². The average molecular weight is 281 g/mol. The van der Waals surface area contributed by atoms with E-state index in [4.69, 9.17) is 16.7 Å². The highest BCUT2D eigenvalue weighted by atomic mass is 35.5. The number of anilines is 1. The summed E-state index contributed by atoms with van der Waals surface area (Å²) in [5.41, 5.74) is 1.63. The molecule has 3 N–H and O–H groups in total. The second-order valence-corrected chi connectivity index (χ2v) is 5.14. The van der Waals surface area contributed by atoms with Crippen LogP contribution in [0.3, 0.4) is 0 Å². The molecular weight excluding hydrogens is 264 g/mol. The average Bonchev–Trinajstić information content (AvgIpc) is 2.81. The van der Waals surface area contributed by atoms with E-state index in [2.05, 4.69) is 10.6 Å². The maximum Gasteiger partial charge on any atom is 0.319 e. The van der Waals surface area contributed by atoms with Gasteiger partial charge in [0.05, 0.1) is 0 Å². The van der Waals surface area contributed by atoms with Crippen LogP contribution in [0.15, 0.2) is 30.4 Å². The maximum absolute atomic E-state index is 11.8. The SMILES string of the molecule is Cc1ccc(NC(=O)N[C@@H]2C=C[C@H](CO)C2)cc1Cl. The van der Waals surface area contributed by atoms with Gasteiger partial charge in [0.15, 0.2) is 0 Å². The van der Waals surface area contributed by atoms with E-state index in [1.807, 2.05) is 31.2 Å². The lowest BCUT2D eigenvalue weighted by atomic mass is 10.1. The molecule has 1 aliphatic rings. The van der Waals surface area contributed by atoms with E-state index in [-0.39, 0.29) is 24.6 Å². The minimum absolute atomic E-state index is 0.0296. The molecule has 1 aromatic rings. The molecule has 4 nitrogen and oxygen atoms in total. The van der Waals surface area contributed by atoms with E-state index in [1.165, 1.54) is 0 Å². The molecule has 0 saturated carbocycles. The molecule has 0 radical (unpaired) electrons. The Hall–Kier alpha value is -1.52. The Morgan fingerprint density at radius 3 is 2.89 bits per heavy atom. The Morgan fingerprint density at radius 1 is 1.47 bits per heavy atom. The zero-order chi connectivity index (χ0) is 13.8. The third-order valence-electron chi connectivity index (χ3n) is 3.15. The summed E-state index contributed by atoms with van der Waals surface area (Å²) < 4.78 is 0. The van der Waals surface area contributed by atoms with Crippen LogP contribution in [0, 0.1) is 12.8 Å². The molecule has 0 heterocycles. The summed E-state index contributed by atoms with van der Waals surface area (Å²) in [4.78, 5) is 11.8. The molecule has 0 aliphatic heterocycles. The van der Waals surface area contributed by atoms with Crippen LogP contribution in [-0.4, -0.2) is 23.8 Å². The number of urea groups is 1. The summed E-state index contributed by atoms with van der Waals surface area (Å²) in [5.74, 6) is 0.138. The molecule has 2 rings (SSSR count). The number of benzene rings is 1. The molecule has 19 heavy (non-hydrogen) atoms. The Balaban J connectivity index is 1.88. The van der Waals surface area contributed by atoms with Crippen molar-refractivity contribution in [2.24, 2.45) is 5.92 Å². The molecule has 0 aromatic heterocycles. The summed E-state index contributed by atoms with van der Waals surface area (Å²) in [5, 5.41) is 15.2. The second-order valence-electron chi connectivity index (χ2n) is 4.73. The van der Waals surface area contributed by atoms with Crippen LogP contribution in [0.25, 0.3) is 0 Å². The van der Waals surface area contributed by atoms with Crippen molar-refractivity contribution < 1.29 is 9.90 Å². The van der Waals surface area contributed by atoms with E-state index >= 15 is 0 Å². The van der Waals surface area contributed by atoms with Crippen LogP contribution < -0.4 is 10.6 Å². The standard InChI is InChI=1S/C14H17ClN2O2/c1-9-2-4-12(7-13(9)15)17-14(19)16-11-5-3-10(6-11)8-18/h2-5,7,10-11,18H,6,8H2,1H3,(H2,16,17,19)/t10-,11+/m0/s1. The Bertz CT molecular complexity index is 502. The van der Waals surface area contributed by atoms with Crippen molar-refractivity contribution in [3.8, 4) is 0 Å². The van der Waals surface area contributed by atoms with Crippen LogP contribution in [0.1, 0.15) is 12.0 Å². The third kappa shape index (κ3) is 3.72. The molecule has 1 aliphatic carbocycles. The molecule has 0 saturated heterocycles. The van der Waals surface area contributed by atoms with Gasteiger partial charge in [0.1, 0.15) is 0 Å². The predicted octanol–water partition coefficient (Wildman–Crippen LogP) is 2.71. The van der Waals surface area contributed by atoms with Crippen LogP contribution in [0.4, 0.5) is 10.5 Å². The Kier molecular flexibility index (Phi) is 4.45. The van der Waals surface area contributed by atoms with Gasteiger partial charge in [-0.1, -0.05) is 29.8 Å². The smallest absolute Gasteiger partial charge is 0.319 e. The van der Waals surface area contributed by atoms with Crippen LogP contribution >= 0.6 is 11.6 Å². The highest BCUT2D eigenvalue weighted by molar-refractivity contribution is 6.31. The Labute approximate surface area is 117 Å². The molecular formula is C14H17ClN2O2. The predicted molar refractivity (Wildman–Crippen MR) is 76.5 cm³/mol. The quantitative estimate of drug-likeness (QED) is 0.746. The zero-order valence-corrected chi connectivity index (χ0v) is 11.4. The van der Waals surface area contributed by atoms with Gasteiger partial charge in [-0.2, -0.15) is 0 Å². The van der Waals surface area contributed by atoms with E-state index < -0.39 is 0 Å². The van der Waals surface area contributed by atoms with Crippen molar-refractivity contribution in [2.45, 2.75) is 19.4 Å². The molecule has 0 unspecified atom stereocenters. The number of carbonyl (C=O) groups excluding carboxylic acids is 1. The highest BCUT2D eigenvalue weighted by Gasteiger charge is 2.19. The van der Waals surface area contributed by atoms with Crippen molar-refractivity contribution in [3.63, 3.8) is 0 Å². The minimum atomic E-state index is -0.270. The molecule has 0 bridgehead atoms. The summed E-state index contributed by atoms with van der Waals surface area (Å²) in [6.07, 6.45) is 4.56. The molecule has 1 aromatic carbocycles. The number of aryl methyl sites for hydroxylation is 1. The molecule has 2 amide bonds. The number of halogens is 1. The molecule has 0 spiro atoms. The normalized spacial score (nSPS) is 21.4. The molecule has 5 heteroatoms. The lowest BCUT2D eigenvalue weighted by molar-refractivity contribution is 0.238. The van der Waals surface area contributed by atoms with Crippen molar-refractivity contribution in [1.29, 1.82) is 0 Å². The number of amides is 2. The van der Waals surface area contributed by atoms with Crippen molar-refractivity contribution in [1.82, 2.24) is 5.32 Å². The van der Waals surface area contributed by atoms with Gasteiger partial charge in [-0.05, 0) is 31.0 Å². The van der Waals surface area contributed by atoms with Gasteiger partial charge >= 0.3 is 6.03 Å². The monoisotopic (exact) mass is 280 g/mol. The number of aliphatic hydroxyl groups is 1. The summed E-state index contributed by atoms with van der Waals surface area (Å²) in [6, 6.07) is 5.08. The van der Waals surface area contributed by atoms with Gasteiger partial charge in [0.25, 0.3) is 0 Å². The van der Waals surface area contributed by atoms with Gasteiger partial charge in [-0.25, -0.2) is 4.79 Å². The number of nitrogens with one attached hydrogen (secondary N) is 2. The first-order valence-electron chi connectivity index (χ1n) is 6.21. The molecule has 2 atom stereocenters. The first-order chi connectivity index (χ1) is 9.08. The lowest BCUT2D eigenvalue weighted by Crippen LogP contribution is -2.36. The second kappa shape index (κ2) is 6.08. The van der Waals surface area contributed by atoms with Gasteiger partial charge in [-0.15, -0.1) is 0 Å². The number of hydrogen-bond donors (Lipinski definition) is 3. The summed E-state index contributed by atoms with van der Waals surface area (Å²) >= 11 is 5.99. The first kappa shape index (κ1) is 13.9. The summed E-state index contributed by atoms with van der Waals surface area (Å²) in [6.45, 7) is 2.02. The number of hydrogen-bond acceptors (Lipinski definition) is 2. The first-order valence-corrected chi connectivity index (χ1v) is 6.59. The van der Waals surface area contributed by atoms with Crippen LogP contribution in [0.2, 0.25) is 5.02 Å². The van der Waals surface area contributed by atoms with E-state index in [0.29, 0.717) is 10.7 Å². The van der Waals surface area contributed by atoms with E-state index in [9.17, 15) is 4.79 Å². The number of aliphatic hydroxyl groups excluding tert-OH is 1. The molecule has 0 fully saturated rings. The fourth-order valence-corrected chi connectivity index (χ4v) is 2.20. The number of carbonyl (C=O) groups is 1. The third-order valence-corrected chi connectivity index (χ3v) is 3.56.